The van der Waals surface area contributed by atoms with Crippen molar-refractivity contribution < 1.29 is 19.7 Å². The molecule has 1 aromatic carbocycles. The molecule has 0 unspecified atom stereocenters. The summed E-state index contributed by atoms with van der Waals surface area (Å²) in [5.74, 6) is -0.570. The Balaban J connectivity index is 2.58. The zero-order valence-electron chi connectivity index (χ0n) is 9.99. The van der Waals surface area contributed by atoms with Crippen LogP contribution in [0.2, 0.25) is 0 Å². The fourth-order valence-electron chi connectivity index (χ4n) is 2.39. The van der Waals surface area contributed by atoms with Crippen LogP contribution in [0.25, 0.3) is 0 Å². The molecular weight excluding hydrogens is 220 g/mol. The smallest absolute Gasteiger partial charge is 0.314 e. The van der Waals surface area contributed by atoms with Gasteiger partial charge in [-0.05, 0) is 31.4 Å². The molecule has 1 aliphatic rings. The molecule has 0 radical (unpaired) electrons. The molecule has 0 amide bonds. The minimum absolute atomic E-state index is 0.0415. The van der Waals surface area contributed by atoms with E-state index < -0.39 is 11.4 Å². The fraction of sp³-hybridized carbons (Fsp3) is 0.462. The van der Waals surface area contributed by atoms with Crippen LogP contribution in [0.5, 0.6) is 11.5 Å². The number of hydrogen-bond acceptors (Lipinski definition) is 3. The maximum atomic E-state index is 11.4. The molecule has 0 atom stereocenters. The molecule has 0 spiro atoms. The first-order valence-corrected chi connectivity index (χ1v) is 5.63. The molecule has 1 aliphatic carbocycles. The van der Waals surface area contributed by atoms with Crippen molar-refractivity contribution in [3.63, 3.8) is 0 Å². The van der Waals surface area contributed by atoms with Crippen LogP contribution in [0, 0.1) is 6.92 Å². The Hall–Kier alpha value is -1.71. The van der Waals surface area contributed by atoms with E-state index in [0.29, 0.717) is 24.2 Å². The molecule has 92 valence electrons. The van der Waals surface area contributed by atoms with Gasteiger partial charge in [-0.1, -0.05) is 12.5 Å². The number of aryl methyl sites for hydroxylation is 1. The summed E-state index contributed by atoms with van der Waals surface area (Å²) in [6.07, 6.45) is 2.02. The molecule has 17 heavy (non-hydrogen) atoms. The van der Waals surface area contributed by atoms with E-state index in [4.69, 9.17) is 4.74 Å². The number of rotatable bonds is 3. The Morgan fingerprint density at radius 1 is 1.41 bits per heavy atom. The van der Waals surface area contributed by atoms with Crippen molar-refractivity contribution in [1.82, 2.24) is 0 Å². The van der Waals surface area contributed by atoms with Crippen LogP contribution >= 0.6 is 0 Å². The Morgan fingerprint density at radius 2 is 2.06 bits per heavy atom. The summed E-state index contributed by atoms with van der Waals surface area (Å²) in [5.41, 5.74) is 0.443. The van der Waals surface area contributed by atoms with Gasteiger partial charge < -0.3 is 14.9 Å². The Bertz CT molecular complexity index is 461. The van der Waals surface area contributed by atoms with Crippen LogP contribution in [0.1, 0.15) is 30.4 Å². The third-order valence-electron chi connectivity index (χ3n) is 3.57. The first-order chi connectivity index (χ1) is 8.01. The molecule has 0 aliphatic heterocycles. The number of hydrogen-bond donors (Lipinski definition) is 2. The highest BCUT2D eigenvalue weighted by molar-refractivity contribution is 5.84. The predicted octanol–water partition coefficient (Wildman–Crippen LogP) is 2.22. The topological polar surface area (TPSA) is 66.8 Å². The van der Waals surface area contributed by atoms with Gasteiger partial charge in [-0.25, -0.2) is 0 Å². The van der Waals surface area contributed by atoms with Gasteiger partial charge in [0.25, 0.3) is 0 Å². The molecule has 1 saturated carbocycles. The molecule has 1 aromatic rings. The molecule has 0 saturated heterocycles. The van der Waals surface area contributed by atoms with Crippen LogP contribution in [-0.4, -0.2) is 23.3 Å². The second-order valence-electron chi connectivity index (χ2n) is 4.60. The standard InChI is InChI=1S/C13H16O4/c1-8-6-9(11(14)10(7-8)17-2)13(12(15)16)4-3-5-13/h6-7,14H,3-5H2,1-2H3,(H,15,16). The average Bonchev–Trinajstić information content (AvgIpc) is 2.20. The van der Waals surface area contributed by atoms with Gasteiger partial charge in [-0.15, -0.1) is 0 Å². The quantitative estimate of drug-likeness (QED) is 0.844. The van der Waals surface area contributed by atoms with Crippen molar-refractivity contribution in [1.29, 1.82) is 0 Å². The Morgan fingerprint density at radius 3 is 2.47 bits per heavy atom. The fourth-order valence-corrected chi connectivity index (χ4v) is 2.39. The van der Waals surface area contributed by atoms with Crippen LogP contribution in [0.15, 0.2) is 12.1 Å². The predicted molar refractivity (Wildman–Crippen MR) is 62.6 cm³/mol. The summed E-state index contributed by atoms with van der Waals surface area (Å²) in [6.45, 7) is 1.86. The lowest BCUT2D eigenvalue weighted by Gasteiger charge is -2.38. The largest absolute Gasteiger partial charge is 0.504 e. The summed E-state index contributed by atoms with van der Waals surface area (Å²) in [5, 5.41) is 19.4. The molecule has 0 heterocycles. The molecule has 0 aromatic heterocycles. The third-order valence-corrected chi connectivity index (χ3v) is 3.57. The minimum Gasteiger partial charge on any atom is -0.504 e. The van der Waals surface area contributed by atoms with E-state index in [1.165, 1.54) is 7.11 Å². The highest BCUT2D eigenvalue weighted by Gasteiger charge is 2.48. The SMILES string of the molecule is COc1cc(C)cc(C2(C(=O)O)CCC2)c1O. The van der Waals surface area contributed by atoms with E-state index in [9.17, 15) is 15.0 Å². The number of aromatic hydroxyl groups is 1. The van der Waals surface area contributed by atoms with Crippen LogP contribution in [0.3, 0.4) is 0 Å². The Kier molecular flexibility index (Phi) is 2.73. The van der Waals surface area contributed by atoms with Gasteiger partial charge in [0.15, 0.2) is 11.5 Å². The van der Waals surface area contributed by atoms with Gasteiger partial charge in [-0.3, -0.25) is 4.79 Å². The van der Waals surface area contributed by atoms with E-state index in [1.54, 1.807) is 12.1 Å². The summed E-state index contributed by atoms with van der Waals surface area (Å²) >= 11 is 0. The van der Waals surface area contributed by atoms with Crippen molar-refractivity contribution in [3.8, 4) is 11.5 Å². The van der Waals surface area contributed by atoms with Crippen molar-refractivity contribution >= 4 is 5.97 Å². The molecule has 4 heteroatoms. The summed E-state index contributed by atoms with van der Waals surface area (Å²) in [7, 11) is 1.46. The normalized spacial score (nSPS) is 17.3. The van der Waals surface area contributed by atoms with Crippen molar-refractivity contribution in [3.05, 3.63) is 23.3 Å². The second kappa shape index (κ2) is 3.95. The molecule has 2 rings (SSSR count). The molecule has 2 N–H and O–H groups in total. The molecule has 4 nitrogen and oxygen atoms in total. The van der Waals surface area contributed by atoms with Crippen molar-refractivity contribution in [2.24, 2.45) is 0 Å². The third kappa shape index (κ3) is 1.64. The number of phenolic OH excluding ortho intramolecular Hbond substituents is 1. The number of ether oxygens (including phenoxy) is 1. The monoisotopic (exact) mass is 236 g/mol. The summed E-state index contributed by atoms with van der Waals surface area (Å²) < 4.78 is 5.07. The molecule has 1 fully saturated rings. The van der Waals surface area contributed by atoms with Gasteiger partial charge in [0.2, 0.25) is 0 Å². The van der Waals surface area contributed by atoms with E-state index in [1.807, 2.05) is 6.92 Å². The maximum Gasteiger partial charge on any atom is 0.314 e. The summed E-state index contributed by atoms with van der Waals surface area (Å²) in [6, 6.07) is 3.44. The van der Waals surface area contributed by atoms with Crippen LogP contribution in [-0.2, 0) is 10.2 Å². The lowest BCUT2D eigenvalue weighted by atomic mass is 9.64. The Labute approximate surface area is 99.8 Å². The number of carboxylic acids is 1. The van der Waals surface area contributed by atoms with Crippen molar-refractivity contribution in [2.75, 3.05) is 7.11 Å². The van der Waals surface area contributed by atoms with Gasteiger partial charge >= 0.3 is 5.97 Å². The minimum atomic E-state index is -0.927. The van der Waals surface area contributed by atoms with E-state index in [-0.39, 0.29) is 5.75 Å². The number of methoxy groups -OCH3 is 1. The highest BCUT2D eigenvalue weighted by atomic mass is 16.5. The zero-order chi connectivity index (χ0) is 12.6. The first kappa shape index (κ1) is 11.8. The first-order valence-electron chi connectivity index (χ1n) is 5.63. The van der Waals surface area contributed by atoms with Crippen LogP contribution < -0.4 is 4.74 Å². The molecular formula is C13H16O4. The van der Waals surface area contributed by atoms with E-state index in [0.717, 1.165) is 12.0 Å². The van der Waals surface area contributed by atoms with Crippen molar-refractivity contribution in [2.45, 2.75) is 31.6 Å². The van der Waals surface area contributed by atoms with Gasteiger partial charge in [-0.2, -0.15) is 0 Å². The lowest BCUT2D eigenvalue weighted by molar-refractivity contribution is -0.147. The van der Waals surface area contributed by atoms with Gasteiger partial charge in [0.05, 0.1) is 12.5 Å². The van der Waals surface area contributed by atoms with Gasteiger partial charge in [0.1, 0.15) is 0 Å². The molecule has 0 bridgehead atoms. The summed E-state index contributed by atoms with van der Waals surface area (Å²) in [4.78, 5) is 11.4. The average molecular weight is 236 g/mol. The van der Waals surface area contributed by atoms with E-state index in [2.05, 4.69) is 0 Å². The zero-order valence-corrected chi connectivity index (χ0v) is 9.99. The van der Waals surface area contributed by atoms with E-state index >= 15 is 0 Å². The number of aliphatic carboxylic acids is 1. The number of phenols is 1. The number of carbonyl (C=O) groups is 1. The van der Waals surface area contributed by atoms with Crippen LogP contribution in [0.4, 0.5) is 0 Å². The number of carboxylic acid groups (broad SMARTS) is 1. The lowest BCUT2D eigenvalue weighted by Crippen LogP contribution is -2.42. The second-order valence-corrected chi connectivity index (χ2v) is 4.60. The van der Waals surface area contributed by atoms with Gasteiger partial charge in [0, 0.05) is 5.56 Å². The highest BCUT2D eigenvalue weighted by Crippen LogP contribution is 2.49. The maximum absolute atomic E-state index is 11.4. The number of benzene rings is 1.